The Balaban J connectivity index is 2.84. The molecule has 0 unspecified atom stereocenters. The fourth-order valence-corrected chi connectivity index (χ4v) is 3.50. The summed E-state index contributed by atoms with van der Waals surface area (Å²) in [6.07, 6.45) is 8.82. The molecule has 78 valence electrons. The van der Waals surface area contributed by atoms with Crippen LogP contribution in [0.4, 0.5) is 0 Å². The van der Waals surface area contributed by atoms with Crippen LogP contribution in [0, 0.1) is 5.92 Å². The van der Waals surface area contributed by atoms with Gasteiger partial charge in [-0.3, -0.25) is 0 Å². The number of hydrogen-bond donors (Lipinski definition) is 0. The van der Waals surface area contributed by atoms with Crippen molar-refractivity contribution in [3.05, 3.63) is 0 Å². The summed E-state index contributed by atoms with van der Waals surface area (Å²) >= 11 is 0.324. The second-order valence-electron chi connectivity index (χ2n) is 4.66. The van der Waals surface area contributed by atoms with E-state index in [1.165, 1.54) is 38.5 Å². The van der Waals surface area contributed by atoms with Gasteiger partial charge in [0.25, 0.3) is 0 Å². The SMILES string of the molecule is CCCCCCC[CH2][AlH][CH2]C(C)C. The van der Waals surface area contributed by atoms with Gasteiger partial charge in [-0.2, -0.15) is 0 Å². The summed E-state index contributed by atoms with van der Waals surface area (Å²) in [6, 6.07) is 0. The molecule has 0 aromatic heterocycles. The van der Waals surface area contributed by atoms with Gasteiger partial charge in [0.05, 0.1) is 0 Å². The van der Waals surface area contributed by atoms with Gasteiger partial charge in [-0.05, 0) is 0 Å². The van der Waals surface area contributed by atoms with E-state index in [1.54, 1.807) is 10.6 Å². The summed E-state index contributed by atoms with van der Waals surface area (Å²) in [5.41, 5.74) is 0. The minimum Gasteiger partial charge on any atom is -0.0972 e. The van der Waals surface area contributed by atoms with E-state index >= 15 is 0 Å². The number of hydrogen-bond acceptors (Lipinski definition) is 0. The molecule has 0 amide bonds. The zero-order chi connectivity index (χ0) is 9.94. The zero-order valence-corrected chi connectivity index (χ0v) is 11.4. The first-order valence-corrected chi connectivity index (χ1v) is 8.27. The average molecular weight is 198 g/mol. The van der Waals surface area contributed by atoms with Crippen LogP contribution < -0.4 is 0 Å². The summed E-state index contributed by atoms with van der Waals surface area (Å²) in [5, 5.41) is 3.17. The fraction of sp³-hybridized carbons (Fsp3) is 1.00. The van der Waals surface area contributed by atoms with Crippen LogP contribution in [0.2, 0.25) is 10.6 Å². The molecule has 0 saturated heterocycles. The third kappa shape index (κ3) is 12.5. The second-order valence-corrected chi connectivity index (χ2v) is 6.65. The first-order chi connectivity index (χ1) is 6.27. The molecule has 0 nitrogen and oxygen atoms in total. The van der Waals surface area contributed by atoms with Crippen LogP contribution in [0.25, 0.3) is 0 Å². The van der Waals surface area contributed by atoms with Crippen LogP contribution in [0.15, 0.2) is 0 Å². The lowest BCUT2D eigenvalue weighted by Crippen LogP contribution is -1.95. The Bertz CT molecular complexity index is 89.1. The highest BCUT2D eigenvalue weighted by Crippen LogP contribution is 2.08. The quantitative estimate of drug-likeness (QED) is 0.383. The third-order valence-electron chi connectivity index (χ3n) is 2.64. The Morgan fingerprint density at radius 1 is 0.923 bits per heavy atom. The molecular weight excluding hydrogens is 171 g/mol. The van der Waals surface area contributed by atoms with E-state index in [0.29, 0.717) is 15.2 Å². The smallest absolute Gasteiger partial charge is 0.0972 e. The lowest BCUT2D eigenvalue weighted by molar-refractivity contribution is 0.622. The third-order valence-corrected chi connectivity index (χ3v) is 5.20. The Morgan fingerprint density at radius 2 is 1.54 bits per heavy atom. The molecule has 1 heteroatoms. The van der Waals surface area contributed by atoms with E-state index in [4.69, 9.17) is 0 Å². The van der Waals surface area contributed by atoms with Gasteiger partial charge in [0.15, 0.2) is 0 Å². The van der Waals surface area contributed by atoms with Crippen LogP contribution in [0.1, 0.15) is 59.3 Å². The van der Waals surface area contributed by atoms with Crippen LogP contribution in [0.3, 0.4) is 0 Å². The van der Waals surface area contributed by atoms with Crippen molar-refractivity contribution in [2.75, 3.05) is 0 Å². The van der Waals surface area contributed by atoms with Crippen LogP contribution in [0.5, 0.6) is 0 Å². The first-order valence-electron chi connectivity index (χ1n) is 6.27. The molecule has 0 saturated carbocycles. The summed E-state index contributed by atoms with van der Waals surface area (Å²) in [6.45, 7) is 7.00. The summed E-state index contributed by atoms with van der Waals surface area (Å²) in [5.74, 6) is 0.965. The van der Waals surface area contributed by atoms with Gasteiger partial charge in [0.1, 0.15) is 0 Å². The monoisotopic (exact) mass is 198 g/mol. The molecule has 0 heterocycles. The maximum atomic E-state index is 2.36. The van der Waals surface area contributed by atoms with E-state index in [0.717, 1.165) is 5.92 Å². The highest BCUT2D eigenvalue weighted by Gasteiger charge is 1.97. The van der Waals surface area contributed by atoms with Crippen molar-refractivity contribution in [3.8, 4) is 0 Å². The van der Waals surface area contributed by atoms with Gasteiger partial charge >= 0.3 is 0 Å². The lowest BCUT2D eigenvalue weighted by atomic mass is 10.1. The van der Waals surface area contributed by atoms with Crippen molar-refractivity contribution in [2.24, 2.45) is 5.92 Å². The summed E-state index contributed by atoms with van der Waals surface area (Å²) in [7, 11) is 0. The van der Waals surface area contributed by atoms with Gasteiger partial charge in [-0.1, -0.05) is 75.8 Å². The average Bonchev–Trinajstić information content (AvgIpc) is 2.09. The Morgan fingerprint density at radius 3 is 2.15 bits per heavy atom. The molecular formula is C12H27Al. The van der Waals surface area contributed by atoms with Crippen molar-refractivity contribution in [3.63, 3.8) is 0 Å². The molecule has 0 spiro atoms. The summed E-state index contributed by atoms with van der Waals surface area (Å²) in [4.78, 5) is 0. The molecule has 0 aromatic carbocycles. The molecule has 0 atom stereocenters. The number of rotatable bonds is 9. The van der Waals surface area contributed by atoms with Crippen molar-refractivity contribution in [2.45, 2.75) is 69.9 Å². The minimum atomic E-state index is 0.324. The van der Waals surface area contributed by atoms with Gasteiger partial charge in [0.2, 0.25) is 15.2 Å². The molecule has 0 aliphatic carbocycles. The highest BCUT2D eigenvalue weighted by molar-refractivity contribution is 6.35. The van der Waals surface area contributed by atoms with E-state index in [1.807, 2.05) is 0 Å². The van der Waals surface area contributed by atoms with Gasteiger partial charge in [-0.15, -0.1) is 0 Å². The van der Waals surface area contributed by atoms with Gasteiger partial charge in [0, 0.05) is 0 Å². The Labute approximate surface area is 91.2 Å². The van der Waals surface area contributed by atoms with Crippen molar-refractivity contribution in [1.82, 2.24) is 0 Å². The molecule has 0 rings (SSSR count). The maximum Gasteiger partial charge on any atom is 0.237 e. The molecule has 0 aliphatic heterocycles. The Hall–Kier alpha value is 0.532. The van der Waals surface area contributed by atoms with Gasteiger partial charge < -0.3 is 0 Å². The van der Waals surface area contributed by atoms with Crippen molar-refractivity contribution >= 4 is 15.2 Å². The van der Waals surface area contributed by atoms with E-state index in [-0.39, 0.29) is 0 Å². The molecule has 0 bridgehead atoms. The molecule has 0 fully saturated rings. The topological polar surface area (TPSA) is 0 Å². The lowest BCUT2D eigenvalue weighted by Gasteiger charge is -2.02. The molecule has 0 aromatic rings. The van der Waals surface area contributed by atoms with Crippen LogP contribution >= 0.6 is 0 Å². The first kappa shape index (κ1) is 13.5. The standard InChI is InChI=1S/C8H17.C4H9.Al.H/c1-3-5-7-8-6-4-2;1-4(2)3;;/h1,3-8H2,2H3;4H,1H2,2-3H3;;. The predicted octanol–water partition coefficient (Wildman–Crippen LogP) is 4.28. The van der Waals surface area contributed by atoms with Crippen LogP contribution in [-0.4, -0.2) is 15.2 Å². The van der Waals surface area contributed by atoms with E-state index in [9.17, 15) is 0 Å². The largest absolute Gasteiger partial charge is 0.237 e. The van der Waals surface area contributed by atoms with E-state index < -0.39 is 0 Å². The highest BCUT2D eigenvalue weighted by atomic mass is 27.1. The Kier molecular flexibility index (Phi) is 11.0. The minimum absolute atomic E-state index is 0.324. The second kappa shape index (κ2) is 10.6. The van der Waals surface area contributed by atoms with Crippen LogP contribution in [-0.2, 0) is 0 Å². The molecule has 0 N–H and O–H groups in total. The number of unbranched alkanes of at least 4 members (excludes halogenated alkanes) is 5. The van der Waals surface area contributed by atoms with Crippen molar-refractivity contribution in [1.29, 1.82) is 0 Å². The molecule has 13 heavy (non-hydrogen) atoms. The maximum absolute atomic E-state index is 2.36. The predicted molar refractivity (Wildman–Crippen MR) is 65.0 cm³/mol. The van der Waals surface area contributed by atoms with E-state index in [2.05, 4.69) is 20.8 Å². The van der Waals surface area contributed by atoms with Gasteiger partial charge in [-0.25, -0.2) is 0 Å². The molecule has 0 radical (unpaired) electrons. The zero-order valence-electron chi connectivity index (χ0n) is 9.94. The summed E-state index contributed by atoms with van der Waals surface area (Å²) < 4.78 is 0. The molecule has 0 aliphatic rings. The van der Waals surface area contributed by atoms with Crippen molar-refractivity contribution < 1.29 is 0 Å². The normalized spacial score (nSPS) is 10.8. The fourth-order valence-electron chi connectivity index (χ4n) is 1.69.